The van der Waals surface area contributed by atoms with Gasteiger partial charge in [-0.05, 0) is 31.6 Å². The summed E-state index contributed by atoms with van der Waals surface area (Å²) < 4.78 is 0. The number of aldehydes is 1. The van der Waals surface area contributed by atoms with Gasteiger partial charge in [0.25, 0.3) is 0 Å². The van der Waals surface area contributed by atoms with Gasteiger partial charge in [0, 0.05) is 8.07 Å². The monoisotopic (exact) mass is 273 g/mol. The van der Waals surface area contributed by atoms with Gasteiger partial charge in [-0.15, -0.1) is 0 Å². The first-order valence-electron chi connectivity index (χ1n) is 6.51. The molecule has 0 fully saturated rings. The highest BCUT2D eigenvalue weighted by atomic mass is 28.3. The fraction of sp³-hybridized carbons (Fsp3) is 0.438. The zero-order valence-corrected chi connectivity index (χ0v) is 13.5. The normalized spacial score (nSPS) is 14.4. The van der Waals surface area contributed by atoms with Crippen LogP contribution in [0.3, 0.4) is 0 Å². The SMILES string of the molecule is CN(C)C(C#CC=O)(C[Si](C)(C)C)c1ccccc1. The molecule has 0 heterocycles. The van der Waals surface area contributed by atoms with Crippen LogP contribution in [0.5, 0.6) is 0 Å². The van der Waals surface area contributed by atoms with E-state index in [0.717, 1.165) is 11.6 Å². The number of carbonyl (C=O) groups is 1. The summed E-state index contributed by atoms with van der Waals surface area (Å²) in [6, 6.07) is 11.3. The van der Waals surface area contributed by atoms with Crippen LogP contribution < -0.4 is 0 Å². The van der Waals surface area contributed by atoms with Crippen molar-refractivity contribution in [2.45, 2.75) is 31.2 Å². The van der Waals surface area contributed by atoms with Crippen molar-refractivity contribution in [3.63, 3.8) is 0 Å². The van der Waals surface area contributed by atoms with Crippen molar-refractivity contribution in [1.29, 1.82) is 0 Å². The molecule has 1 rings (SSSR count). The molecular formula is C16H23NOSi. The standard InChI is InChI=1S/C16H23NOSi/c1-17(2)16(12-9-13-18,14-19(3,4)5)15-10-7-6-8-11-15/h6-8,10-11,13H,14H2,1-5H3. The number of benzene rings is 1. The molecule has 19 heavy (non-hydrogen) atoms. The number of hydrogen-bond donors (Lipinski definition) is 0. The quantitative estimate of drug-likeness (QED) is 0.477. The summed E-state index contributed by atoms with van der Waals surface area (Å²) in [6.45, 7) is 6.99. The lowest BCUT2D eigenvalue weighted by Crippen LogP contribution is -2.45. The van der Waals surface area contributed by atoms with E-state index in [-0.39, 0.29) is 5.54 Å². The third kappa shape index (κ3) is 4.05. The van der Waals surface area contributed by atoms with Crippen LogP contribution in [-0.4, -0.2) is 33.4 Å². The van der Waals surface area contributed by atoms with Crippen LogP contribution >= 0.6 is 0 Å². The Balaban J connectivity index is 3.40. The molecule has 2 nitrogen and oxygen atoms in total. The van der Waals surface area contributed by atoms with E-state index in [2.05, 4.69) is 48.5 Å². The number of nitrogens with zero attached hydrogens (tertiary/aromatic N) is 1. The van der Waals surface area contributed by atoms with Crippen LogP contribution in [0.15, 0.2) is 30.3 Å². The van der Waals surface area contributed by atoms with E-state index >= 15 is 0 Å². The van der Waals surface area contributed by atoms with Crippen molar-refractivity contribution in [1.82, 2.24) is 4.90 Å². The molecule has 0 aliphatic rings. The first-order valence-corrected chi connectivity index (χ1v) is 10.2. The molecule has 0 bridgehead atoms. The van der Waals surface area contributed by atoms with Crippen molar-refractivity contribution in [2.24, 2.45) is 0 Å². The summed E-state index contributed by atoms with van der Waals surface area (Å²) >= 11 is 0. The van der Waals surface area contributed by atoms with Gasteiger partial charge >= 0.3 is 0 Å². The molecule has 1 aromatic carbocycles. The molecule has 1 atom stereocenters. The number of hydrogen-bond acceptors (Lipinski definition) is 2. The van der Waals surface area contributed by atoms with E-state index in [1.54, 1.807) is 0 Å². The molecule has 0 saturated heterocycles. The predicted octanol–water partition coefficient (Wildman–Crippen LogP) is 2.98. The Hall–Kier alpha value is -1.37. The van der Waals surface area contributed by atoms with E-state index < -0.39 is 8.07 Å². The smallest absolute Gasteiger partial charge is 0.192 e. The van der Waals surface area contributed by atoms with Gasteiger partial charge in [0.1, 0.15) is 5.54 Å². The van der Waals surface area contributed by atoms with Gasteiger partial charge < -0.3 is 0 Å². The molecule has 1 unspecified atom stereocenters. The van der Waals surface area contributed by atoms with Crippen molar-refractivity contribution in [3.8, 4) is 11.8 Å². The fourth-order valence-corrected chi connectivity index (χ4v) is 4.52. The summed E-state index contributed by atoms with van der Waals surface area (Å²) in [5.41, 5.74) is 0.795. The Morgan fingerprint density at radius 1 is 1.21 bits per heavy atom. The van der Waals surface area contributed by atoms with Gasteiger partial charge in [0.05, 0.1) is 0 Å². The Morgan fingerprint density at radius 2 is 1.79 bits per heavy atom. The third-order valence-corrected chi connectivity index (χ3v) is 4.71. The number of carbonyl (C=O) groups excluding carboxylic acids is 1. The highest BCUT2D eigenvalue weighted by molar-refractivity contribution is 6.76. The van der Waals surface area contributed by atoms with Crippen LogP contribution in [0.2, 0.25) is 25.7 Å². The summed E-state index contributed by atoms with van der Waals surface area (Å²) in [4.78, 5) is 12.8. The summed E-state index contributed by atoms with van der Waals surface area (Å²) in [5.74, 6) is 5.84. The lowest BCUT2D eigenvalue weighted by Gasteiger charge is -2.40. The average molecular weight is 273 g/mol. The maximum absolute atomic E-state index is 10.7. The minimum Gasteiger partial charge on any atom is -0.290 e. The summed E-state index contributed by atoms with van der Waals surface area (Å²) in [5, 5.41) is 0. The molecule has 0 saturated carbocycles. The van der Waals surface area contributed by atoms with Gasteiger partial charge in [0.2, 0.25) is 0 Å². The van der Waals surface area contributed by atoms with Gasteiger partial charge in [-0.1, -0.05) is 55.9 Å². The maximum Gasteiger partial charge on any atom is 0.192 e. The largest absolute Gasteiger partial charge is 0.290 e. The zero-order chi connectivity index (χ0) is 14.5. The summed E-state index contributed by atoms with van der Waals surface area (Å²) in [7, 11) is 2.72. The fourth-order valence-electron chi connectivity index (χ4n) is 2.38. The van der Waals surface area contributed by atoms with E-state index in [9.17, 15) is 4.79 Å². The molecule has 3 heteroatoms. The molecule has 0 amide bonds. The molecule has 0 radical (unpaired) electrons. The maximum atomic E-state index is 10.7. The van der Waals surface area contributed by atoms with Crippen molar-refractivity contribution in [3.05, 3.63) is 35.9 Å². The Kier molecular flexibility index (Phi) is 5.10. The highest BCUT2D eigenvalue weighted by Gasteiger charge is 2.37. The first kappa shape index (κ1) is 15.7. The zero-order valence-electron chi connectivity index (χ0n) is 12.5. The minimum absolute atomic E-state index is 0.368. The van der Waals surface area contributed by atoms with Gasteiger partial charge in [0.15, 0.2) is 6.29 Å². The Bertz CT molecular complexity index is 479. The third-order valence-electron chi connectivity index (χ3n) is 3.14. The molecule has 0 aromatic heterocycles. The molecule has 0 spiro atoms. The Morgan fingerprint density at radius 3 is 2.21 bits per heavy atom. The van der Waals surface area contributed by atoms with Crippen LogP contribution in [-0.2, 0) is 10.3 Å². The lowest BCUT2D eigenvalue weighted by atomic mass is 9.91. The van der Waals surface area contributed by atoms with E-state index in [0.29, 0.717) is 6.29 Å². The molecule has 0 aliphatic heterocycles. The molecular weight excluding hydrogens is 250 g/mol. The second kappa shape index (κ2) is 6.18. The van der Waals surface area contributed by atoms with E-state index in [4.69, 9.17) is 0 Å². The van der Waals surface area contributed by atoms with Crippen LogP contribution in [0.4, 0.5) is 0 Å². The minimum atomic E-state index is -1.35. The van der Waals surface area contributed by atoms with Crippen molar-refractivity contribution in [2.75, 3.05) is 14.1 Å². The van der Waals surface area contributed by atoms with Crippen LogP contribution in [0.1, 0.15) is 5.56 Å². The van der Waals surface area contributed by atoms with Gasteiger partial charge in [-0.3, -0.25) is 9.69 Å². The molecule has 1 aromatic rings. The van der Waals surface area contributed by atoms with Gasteiger partial charge in [-0.25, -0.2) is 0 Å². The first-order chi connectivity index (χ1) is 8.82. The predicted molar refractivity (Wildman–Crippen MR) is 83.8 cm³/mol. The van der Waals surface area contributed by atoms with E-state index in [1.165, 1.54) is 0 Å². The molecule has 0 aliphatic carbocycles. The average Bonchev–Trinajstić information content (AvgIpc) is 2.34. The highest BCUT2D eigenvalue weighted by Crippen LogP contribution is 2.34. The topological polar surface area (TPSA) is 20.3 Å². The molecule has 0 N–H and O–H groups in total. The summed E-state index contributed by atoms with van der Waals surface area (Å²) in [6.07, 6.45) is 0.686. The second-order valence-corrected chi connectivity index (χ2v) is 11.7. The van der Waals surface area contributed by atoms with Crippen molar-refractivity contribution < 1.29 is 4.79 Å². The second-order valence-electron chi connectivity index (χ2n) is 6.25. The van der Waals surface area contributed by atoms with Crippen LogP contribution in [0, 0.1) is 11.8 Å². The van der Waals surface area contributed by atoms with Gasteiger partial charge in [-0.2, -0.15) is 0 Å². The lowest BCUT2D eigenvalue weighted by molar-refractivity contribution is -0.103. The van der Waals surface area contributed by atoms with E-state index in [1.807, 2.05) is 32.3 Å². The van der Waals surface area contributed by atoms with Crippen molar-refractivity contribution >= 4 is 14.4 Å². The molecule has 102 valence electrons. The Labute approximate surface area is 117 Å². The number of rotatable bonds is 4. The van der Waals surface area contributed by atoms with Crippen LogP contribution in [0.25, 0.3) is 0 Å².